The van der Waals surface area contributed by atoms with Gasteiger partial charge in [0.2, 0.25) is 0 Å². The normalized spacial score (nSPS) is 13.2. The summed E-state index contributed by atoms with van der Waals surface area (Å²) in [5.74, 6) is -3.13. The lowest BCUT2D eigenvalue weighted by Gasteiger charge is -2.35. The summed E-state index contributed by atoms with van der Waals surface area (Å²) < 4.78 is 12.0. The van der Waals surface area contributed by atoms with Crippen LogP contribution in [-0.2, 0) is 14.2 Å². The quantitative estimate of drug-likeness (QED) is 0.0999. The molecule has 0 spiro atoms. The van der Waals surface area contributed by atoms with Gasteiger partial charge in [0.05, 0.1) is 5.41 Å². The molecule has 1 unspecified atom stereocenters. The highest BCUT2D eigenvalue weighted by atomic mass is 31.2. The molecule has 0 rings (SSSR count). The minimum atomic E-state index is -5.14. The number of carboxylic acid groups (broad SMARTS) is 2. The Bertz CT molecular complexity index is 539. The highest BCUT2D eigenvalue weighted by Crippen LogP contribution is 2.54. The molecule has 0 aliphatic carbocycles. The van der Waals surface area contributed by atoms with Crippen LogP contribution in [0.5, 0.6) is 0 Å². The molecule has 0 amide bonds. The molecule has 0 aromatic rings. The first kappa shape index (κ1) is 31.1. The van der Waals surface area contributed by atoms with Gasteiger partial charge in [0, 0.05) is 0 Å². The highest BCUT2D eigenvalue weighted by molar-refractivity contribution is 7.53. The maximum absolute atomic E-state index is 12.3. The van der Waals surface area contributed by atoms with Crippen molar-refractivity contribution < 1.29 is 34.2 Å². The molecule has 0 saturated carbocycles. The van der Waals surface area contributed by atoms with Crippen LogP contribution in [0.15, 0.2) is 0 Å². The lowest BCUT2D eigenvalue weighted by molar-refractivity contribution is -0.157. The molecule has 8 heteroatoms. The largest absolute Gasteiger partial charge is 0.481 e. The Hall–Kier alpha value is -0.910. The van der Waals surface area contributed by atoms with Gasteiger partial charge in [-0.15, -0.1) is 0 Å². The van der Waals surface area contributed by atoms with Crippen molar-refractivity contribution in [3.8, 4) is 0 Å². The third-order valence-corrected chi connectivity index (χ3v) is 7.86. The Labute approximate surface area is 194 Å². The summed E-state index contributed by atoms with van der Waals surface area (Å²) in [7, 11) is -5.14. The molecular weight excluding hydrogens is 431 g/mol. The van der Waals surface area contributed by atoms with Crippen molar-refractivity contribution in [2.24, 2.45) is 5.41 Å². The summed E-state index contributed by atoms with van der Waals surface area (Å²) in [5.41, 5.74) is -4.14. The number of carboxylic acids is 2. The van der Waals surface area contributed by atoms with E-state index in [2.05, 4.69) is 13.8 Å². The average Bonchev–Trinajstić information content (AvgIpc) is 2.70. The summed E-state index contributed by atoms with van der Waals surface area (Å²) in [6.45, 7) is 4.30. The number of unbranched alkanes of at least 4 members (excludes halogenated alkanes) is 14. The molecule has 0 fully saturated rings. The van der Waals surface area contributed by atoms with Gasteiger partial charge in [0.15, 0.2) is 5.66 Å². The molecule has 7 nitrogen and oxygen atoms in total. The number of hydrogen-bond acceptors (Lipinski definition) is 3. The van der Waals surface area contributed by atoms with Crippen LogP contribution in [0, 0.1) is 5.41 Å². The van der Waals surface area contributed by atoms with Crippen molar-refractivity contribution in [3.63, 3.8) is 0 Å². The molecule has 0 radical (unpaired) electrons. The van der Waals surface area contributed by atoms with E-state index < -0.39 is 30.6 Å². The van der Waals surface area contributed by atoms with Crippen molar-refractivity contribution >= 4 is 19.5 Å². The molecule has 0 bridgehead atoms. The van der Waals surface area contributed by atoms with Crippen LogP contribution in [0.3, 0.4) is 0 Å². The van der Waals surface area contributed by atoms with Gasteiger partial charge in [-0.05, 0) is 12.8 Å². The fourth-order valence-electron chi connectivity index (χ4n) is 4.58. The Kier molecular flexibility index (Phi) is 17.1. The topological polar surface area (TPSA) is 132 Å². The Morgan fingerprint density at radius 3 is 1.22 bits per heavy atom. The molecule has 32 heavy (non-hydrogen) atoms. The van der Waals surface area contributed by atoms with Crippen molar-refractivity contribution in [2.75, 3.05) is 0 Å². The summed E-state index contributed by atoms with van der Waals surface area (Å²) in [6.07, 6.45) is 15.6. The van der Waals surface area contributed by atoms with E-state index in [1.54, 1.807) is 0 Å². The van der Waals surface area contributed by atoms with Gasteiger partial charge in [-0.3, -0.25) is 14.2 Å². The third kappa shape index (κ3) is 12.4. The predicted molar refractivity (Wildman–Crippen MR) is 128 cm³/mol. The van der Waals surface area contributed by atoms with Crippen molar-refractivity contribution in [1.29, 1.82) is 0 Å². The lowest BCUT2D eigenvalue weighted by Crippen LogP contribution is -2.47. The predicted octanol–water partition coefficient (Wildman–Crippen LogP) is 6.75. The first-order valence-electron chi connectivity index (χ1n) is 12.6. The molecule has 4 N–H and O–H groups in total. The molecule has 190 valence electrons. The fraction of sp³-hybridized carbons (Fsp3) is 0.917. The zero-order chi connectivity index (χ0) is 24.5. The Balaban J connectivity index is 5.03. The van der Waals surface area contributed by atoms with Crippen LogP contribution in [0.25, 0.3) is 0 Å². The molecule has 0 aromatic carbocycles. The summed E-state index contributed by atoms with van der Waals surface area (Å²) in [6, 6.07) is 0. The van der Waals surface area contributed by atoms with E-state index in [0.29, 0.717) is 12.8 Å². The van der Waals surface area contributed by atoms with E-state index in [-0.39, 0.29) is 12.8 Å². The second-order valence-corrected chi connectivity index (χ2v) is 10.9. The van der Waals surface area contributed by atoms with Gasteiger partial charge >= 0.3 is 19.5 Å². The molecule has 0 saturated heterocycles. The maximum atomic E-state index is 12.3. The van der Waals surface area contributed by atoms with Gasteiger partial charge in [0.25, 0.3) is 0 Å². The molecule has 0 aliphatic rings. The first-order chi connectivity index (χ1) is 15.1. The number of carbonyl (C=O) groups is 2. The molecule has 1 atom stereocenters. The Morgan fingerprint density at radius 1 is 0.656 bits per heavy atom. The Morgan fingerprint density at radius 2 is 0.969 bits per heavy atom. The molecule has 0 aliphatic heterocycles. The number of aliphatic carboxylic acids is 2. The smallest absolute Gasteiger partial charge is 0.340 e. The van der Waals surface area contributed by atoms with Gasteiger partial charge in [0.1, 0.15) is 0 Å². The third-order valence-electron chi connectivity index (χ3n) is 6.47. The monoisotopic (exact) mass is 478 g/mol. The average molecular weight is 479 g/mol. The van der Waals surface area contributed by atoms with E-state index in [9.17, 15) is 34.2 Å². The van der Waals surface area contributed by atoms with Gasteiger partial charge in [-0.25, -0.2) is 0 Å². The minimum absolute atomic E-state index is 0.0180. The van der Waals surface area contributed by atoms with Gasteiger partial charge < -0.3 is 20.0 Å². The van der Waals surface area contributed by atoms with Crippen molar-refractivity contribution in [3.05, 3.63) is 0 Å². The zero-order valence-corrected chi connectivity index (χ0v) is 21.2. The number of hydrogen-bond donors (Lipinski definition) is 4. The van der Waals surface area contributed by atoms with Crippen LogP contribution in [0.4, 0.5) is 0 Å². The van der Waals surface area contributed by atoms with E-state index >= 15 is 0 Å². The maximum Gasteiger partial charge on any atom is 0.340 e. The van der Waals surface area contributed by atoms with Crippen LogP contribution in [0.2, 0.25) is 0 Å². The molecular formula is C24H47O7P. The lowest BCUT2D eigenvalue weighted by atomic mass is 9.74. The highest BCUT2D eigenvalue weighted by Gasteiger charge is 2.56. The van der Waals surface area contributed by atoms with E-state index in [1.165, 1.54) is 38.5 Å². The van der Waals surface area contributed by atoms with Crippen LogP contribution in [-0.4, -0.2) is 37.6 Å². The first-order valence-corrected chi connectivity index (χ1v) is 14.3. The van der Waals surface area contributed by atoms with Crippen molar-refractivity contribution in [1.82, 2.24) is 0 Å². The molecule has 0 aromatic heterocycles. The van der Waals surface area contributed by atoms with Gasteiger partial charge in [-0.2, -0.15) is 0 Å². The minimum Gasteiger partial charge on any atom is -0.481 e. The fourth-order valence-corrected chi connectivity index (χ4v) is 5.88. The number of rotatable bonds is 22. The SMILES string of the molecule is CCCCCCCCCCC(CCCCCCCCCC)(C(=O)O)C(C(=O)O)P(=O)(O)O. The van der Waals surface area contributed by atoms with E-state index in [1.807, 2.05) is 0 Å². The van der Waals surface area contributed by atoms with Crippen LogP contribution >= 0.6 is 7.60 Å². The summed E-state index contributed by atoms with van der Waals surface area (Å²) in [5, 5.41) is 19.6. The van der Waals surface area contributed by atoms with Crippen LogP contribution in [0.1, 0.15) is 129 Å². The second-order valence-electron chi connectivity index (χ2n) is 9.24. The van der Waals surface area contributed by atoms with E-state index in [0.717, 1.165) is 51.4 Å². The van der Waals surface area contributed by atoms with Gasteiger partial charge in [-0.1, -0.05) is 117 Å². The summed E-state index contributed by atoms with van der Waals surface area (Å²) in [4.78, 5) is 43.6. The standard InChI is InChI=1S/C24H47O7P/c1-3-5-7-9-11-13-15-17-19-24(23(27)28,21(22(25)26)32(29,30)31)20-18-16-14-12-10-8-6-4-2/h21H,3-20H2,1-2H3,(H,25,26)(H,27,28)(H2,29,30,31). The summed E-state index contributed by atoms with van der Waals surface area (Å²) >= 11 is 0. The molecule has 0 heterocycles. The van der Waals surface area contributed by atoms with Crippen LogP contribution < -0.4 is 0 Å². The van der Waals surface area contributed by atoms with Crippen molar-refractivity contribution in [2.45, 2.75) is 135 Å². The van der Waals surface area contributed by atoms with E-state index in [4.69, 9.17) is 0 Å². The zero-order valence-electron chi connectivity index (χ0n) is 20.3. The second kappa shape index (κ2) is 17.6.